The van der Waals surface area contributed by atoms with Crippen molar-refractivity contribution in [3.05, 3.63) is 60.7 Å². The highest BCUT2D eigenvalue weighted by atomic mass is 16.7. The van der Waals surface area contributed by atoms with Crippen molar-refractivity contribution < 1.29 is 14.3 Å². The van der Waals surface area contributed by atoms with E-state index < -0.39 is 6.29 Å². The van der Waals surface area contributed by atoms with E-state index in [1.807, 2.05) is 72.6 Å². The van der Waals surface area contributed by atoms with Gasteiger partial charge in [-0.25, -0.2) is 0 Å². The topological polar surface area (TPSA) is 38.8 Å². The first kappa shape index (κ1) is 13.9. The second-order valence-electron chi connectivity index (χ2n) is 4.31. The maximum Gasteiger partial charge on any atom is 0.296 e. The average molecular weight is 271 g/mol. The normalized spacial score (nSPS) is 11.4. The standard InChI is InChI=1S/C16H17NO3/c1-17(14-8-4-2-5-9-14)12-16(19-13-18)20-15-10-6-3-7-11-15/h2-11,13,16H,12H2,1H3. The predicted molar refractivity (Wildman–Crippen MR) is 77.7 cm³/mol. The quantitative estimate of drug-likeness (QED) is 0.573. The smallest absolute Gasteiger partial charge is 0.296 e. The SMILES string of the molecule is CN(CC(OC=O)Oc1ccccc1)c1ccccc1. The summed E-state index contributed by atoms with van der Waals surface area (Å²) in [6.45, 7) is 0.851. The van der Waals surface area contributed by atoms with Crippen molar-refractivity contribution in [2.75, 3.05) is 18.5 Å². The second-order valence-corrected chi connectivity index (χ2v) is 4.31. The molecule has 0 saturated carbocycles. The van der Waals surface area contributed by atoms with Crippen LogP contribution in [0.3, 0.4) is 0 Å². The van der Waals surface area contributed by atoms with Crippen LogP contribution in [0, 0.1) is 0 Å². The minimum absolute atomic E-state index is 0.409. The third-order valence-corrected chi connectivity index (χ3v) is 2.84. The fourth-order valence-corrected chi connectivity index (χ4v) is 1.83. The third kappa shape index (κ3) is 4.02. The molecule has 2 aromatic carbocycles. The first-order valence-corrected chi connectivity index (χ1v) is 6.36. The highest BCUT2D eigenvalue weighted by Crippen LogP contribution is 2.15. The first-order chi connectivity index (χ1) is 9.79. The molecule has 0 aliphatic heterocycles. The van der Waals surface area contributed by atoms with Crippen molar-refractivity contribution in [2.45, 2.75) is 6.29 Å². The molecule has 2 rings (SSSR count). The van der Waals surface area contributed by atoms with E-state index in [0.29, 0.717) is 18.8 Å². The van der Waals surface area contributed by atoms with Gasteiger partial charge in [-0.3, -0.25) is 4.79 Å². The first-order valence-electron chi connectivity index (χ1n) is 6.36. The maximum atomic E-state index is 10.6. The van der Waals surface area contributed by atoms with Gasteiger partial charge in [0.25, 0.3) is 12.8 Å². The van der Waals surface area contributed by atoms with Crippen molar-refractivity contribution in [3.8, 4) is 5.75 Å². The molecule has 0 aliphatic rings. The molecular weight excluding hydrogens is 254 g/mol. The molecule has 104 valence electrons. The molecule has 1 unspecified atom stereocenters. The van der Waals surface area contributed by atoms with E-state index in [1.54, 1.807) is 0 Å². The van der Waals surface area contributed by atoms with Gasteiger partial charge in [-0.15, -0.1) is 0 Å². The van der Waals surface area contributed by atoms with Gasteiger partial charge in [-0.2, -0.15) is 0 Å². The van der Waals surface area contributed by atoms with Crippen LogP contribution in [0.4, 0.5) is 5.69 Å². The van der Waals surface area contributed by atoms with E-state index in [-0.39, 0.29) is 0 Å². The summed E-state index contributed by atoms with van der Waals surface area (Å²) in [5.74, 6) is 0.667. The van der Waals surface area contributed by atoms with Crippen molar-refractivity contribution in [2.24, 2.45) is 0 Å². The minimum atomic E-state index is -0.653. The second kappa shape index (κ2) is 7.19. The van der Waals surface area contributed by atoms with E-state index in [1.165, 1.54) is 0 Å². The summed E-state index contributed by atoms with van der Waals surface area (Å²) in [4.78, 5) is 12.6. The number of rotatable bonds is 7. The van der Waals surface area contributed by atoms with E-state index in [9.17, 15) is 4.79 Å². The molecule has 0 aromatic heterocycles. The summed E-state index contributed by atoms with van der Waals surface area (Å²) in [6, 6.07) is 19.1. The summed E-state index contributed by atoms with van der Waals surface area (Å²) in [6.07, 6.45) is -0.653. The van der Waals surface area contributed by atoms with Crippen molar-refractivity contribution in [1.82, 2.24) is 0 Å². The highest BCUT2D eigenvalue weighted by molar-refractivity contribution is 5.45. The molecule has 0 amide bonds. The number of benzene rings is 2. The predicted octanol–water partition coefficient (Wildman–Crippen LogP) is 2.70. The molecule has 2 aromatic rings. The van der Waals surface area contributed by atoms with Crippen LogP contribution in [-0.4, -0.2) is 26.4 Å². The fourth-order valence-electron chi connectivity index (χ4n) is 1.83. The van der Waals surface area contributed by atoms with Crippen molar-refractivity contribution >= 4 is 12.2 Å². The molecular formula is C16H17NO3. The molecule has 0 heterocycles. The van der Waals surface area contributed by atoms with Crippen LogP contribution in [0.5, 0.6) is 5.75 Å². The highest BCUT2D eigenvalue weighted by Gasteiger charge is 2.14. The Bertz CT molecular complexity index is 516. The Morgan fingerprint density at radius 3 is 2.25 bits per heavy atom. The van der Waals surface area contributed by atoms with Gasteiger partial charge in [-0.05, 0) is 24.3 Å². The molecule has 0 bridgehead atoms. The van der Waals surface area contributed by atoms with Crippen molar-refractivity contribution in [3.63, 3.8) is 0 Å². The lowest BCUT2D eigenvalue weighted by molar-refractivity contribution is -0.146. The van der Waals surface area contributed by atoms with Gasteiger partial charge in [-0.1, -0.05) is 36.4 Å². The summed E-state index contributed by atoms with van der Waals surface area (Å²) in [5, 5.41) is 0. The number of hydrogen-bond acceptors (Lipinski definition) is 4. The van der Waals surface area contributed by atoms with Crippen LogP contribution in [0.1, 0.15) is 0 Å². The average Bonchev–Trinajstić information content (AvgIpc) is 2.49. The molecule has 4 heteroatoms. The lowest BCUT2D eigenvalue weighted by Crippen LogP contribution is -2.35. The van der Waals surface area contributed by atoms with Crippen molar-refractivity contribution in [1.29, 1.82) is 0 Å². The number of ether oxygens (including phenoxy) is 2. The van der Waals surface area contributed by atoms with Crippen LogP contribution < -0.4 is 9.64 Å². The largest absolute Gasteiger partial charge is 0.453 e. The van der Waals surface area contributed by atoms with Crippen LogP contribution in [0.25, 0.3) is 0 Å². The van der Waals surface area contributed by atoms with Crippen LogP contribution >= 0.6 is 0 Å². The molecule has 0 radical (unpaired) electrons. The Morgan fingerprint density at radius 2 is 1.65 bits per heavy atom. The van der Waals surface area contributed by atoms with E-state index in [0.717, 1.165) is 5.69 Å². The number of anilines is 1. The Morgan fingerprint density at radius 1 is 1.05 bits per heavy atom. The molecule has 20 heavy (non-hydrogen) atoms. The zero-order valence-electron chi connectivity index (χ0n) is 11.3. The third-order valence-electron chi connectivity index (χ3n) is 2.84. The van der Waals surface area contributed by atoms with Gasteiger partial charge >= 0.3 is 0 Å². The monoisotopic (exact) mass is 271 g/mol. The lowest BCUT2D eigenvalue weighted by Gasteiger charge is -2.25. The molecule has 0 spiro atoms. The van der Waals surface area contributed by atoms with E-state index >= 15 is 0 Å². The summed E-state index contributed by atoms with van der Waals surface area (Å²) in [7, 11) is 1.92. The molecule has 4 nitrogen and oxygen atoms in total. The lowest BCUT2D eigenvalue weighted by atomic mass is 10.3. The van der Waals surface area contributed by atoms with Gasteiger partial charge in [0.2, 0.25) is 0 Å². The molecule has 0 fully saturated rings. The number of nitrogens with zero attached hydrogens (tertiary/aromatic N) is 1. The number of carbonyl (C=O) groups excluding carboxylic acids is 1. The molecule has 0 aliphatic carbocycles. The Hall–Kier alpha value is -2.49. The Balaban J connectivity index is 2.00. The van der Waals surface area contributed by atoms with Crippen LogP contribution in [-0.2, 0) is 9.53 Å². The van der Waals surface area contributed by atoms with E-state index in [4.69, 9.17) is 9.47 Å². The summed E-state index contributed by atoms with van der Waals surface area (Å²) in [5.41, 5.74) is 1.03. The minimum Gasteiger partial charge on any atom is -0.453 e. The summed E-state index contributed by atoms with van der Waals surface area (Å²) < 4.78 is 10.6. The number of carbonyl (C=O) groups is 1. The Kier molecular flexibility index (Phi) is 5.00. The van der Waals surface area contributed by atoms with Gasteiger partial charge in [0, 0.05) is 12.7 Å². The molecule has 1 atom stereocenters. The Labute approximate surface area is 118 Å². The zero-order valence-corrected chi connectivity index (χ0v) is 11.3. The number of hydrogen-bond donors (Lipinski definition) is 0. The van der Waals surface area contributed by atoms with Crippen LogP contribution in [0.2, 0.25) is 0 Å². The fraction of sp³-hybridized carbons (Fsp3) is 0.188. The van der Waals surface area contributed by atoms with Crippen LogP contribution in [0.15, 0.2) is 60.7 Å². The van der Waals surface area contributed by atoms with Gasteiger partial charge in [0.15, 0.2) is 0 Å². The van der Waals surface area contributed by atoms with Gasteiger partial charge in [0.05, 0.1) is 6.54 Å². The van der Waals surface area contributed by atoms with E-state index in [2.05, 4.69) is 0 Å². The van der Waals surface area contributed by atoms with Gasteiger partial charge < -0.3 is 14.4 Å². The maximum absolute atomic E-state index is 10.6. The zero-order chi connectivity index (χ0) is 14.2. The van der Waals surface area contributed by atoms with Gasteiger partial charge in [0.1, 0.15) is 5.75 Å². The molecule has 0 saturated heterocycles. The molecule has 0 N–H and O–H groups in total. The number of para-hydroxylation sites is 2. The number of likely N-dealkylation sites (N-methyl/N-ethyl adjacent to an activating group) is 1. The summed E-state index contributed by atoms with van der Waals surface area (Å²) >= 11 is 0.